The number of benzene rings is 5. The van der Waals surface area contributed by atoms with Gasteiger partial charge in [0, 0.05) is 11.8 Å². The summed E-state index contributed by atoms with van der Waals surface area (Å²) in [4.78, 5) is 0. The number of phenols is 4. The van der Waals surface area contributed by atoms with Crippen LogP contribution in [0.4, 0.5) is 0 Å². The highest BCUT2D eigenvalue weighted by Gasteiger charge is 2.25. The van der Waals surface area contributed by atoms with Gasteiger partial charge in [-0.25, -0.2) is 0 Å². The van der Waals surface area contributed by atoms with Crippen molar-refractivity contribution in [1.29, 1.82) is 0 Å². The van der Waals surface area contributed by atoms with Crippen molar-refractivity contribution >= 4 is 0 Å². The molecule has 5 aromatic carbocycles. The molecular weight excluding hydrogens is 592 g/mol. The Hall–Kier alpha value is -4.70. The zero-order valence-corrected chi connectivity index (χ0v) is 29.5. The van der Waals surface area contributed by atoms with Crippen LogP contribution in [0.2, 0.25) is 0 Å². The van der Waals surface area contributed by atoms with Crippen molar-refractivity contribution in [2.75, 3.05) is 0 Å². The van der Waals surface area contributed by atoms with Gasteiger partial charge in [-0.05, 0) is 104 Å². The Morgan fingerprint density at radius 2 is 0.542 bits per heavy atom. The van der Waals surface area contributed by atoms with Crippen molar-refractivity contribution < 1.29 is 20.4 Å². The smallest absolute Gasteiger partial charge is 0.119 e. The third-order valence-electron chi connectivity index (χ3n) is 9.61. The minimum atomic E-state index is -0.168. The number of rotatable bonds is 10. The van der Waals surface area contributed by atoms with Crippen molar-refractivity contribution in [2.24, 2.45) is 0 Å². The van der Waals surface area contributed by atoms with E-state index in [-0.39, 0.29) is 58.5 Å². The largest absolute Gasteiger partial charge is 0.508 e. The molecule has 0 atom stereocenters. The van der Waals surface area contributed by atoms with Gasteiger partial charge in [0.15, 0.2) is 0 Å². The van der Waals surface area contributed by atoms with Gasteiger partial charge < -0.3 is 20.4 Å². The standard InChI is InChI=1S/C44H50O4/c1-25(2)35-21-31(12-16-39(35)45)43(32-13-17-40(46)36(22-32)26(3)4)29-10-9-11-30(20-29)44(33-14-18-41(47)37(23-33)27(5)6)34-15-19-42(48)38(24-34)28(7)8/h9-28,43-48H,1-8H3. The van der Waals surface area contributed by atoms with Gasteiger partial charge in [-0.15, -0.1) is 0 Å². The van der Waals surface area contributed by atoms with Crippen molar-refractivity contribution in [1.82, 2.24) is 0 Å². The highest BCUT2D eigenvalue weighted by atomic mass is 16.3. The molecule has 250 valence electrons. The van der Waals surface area contributed by atoms with E-state index in [9.17, 15) is 20.4 Å². The molecule has 0 aliphatic carbocycles. The molecule has 0 aromatic heterocycles. The fourth-order valence-corrected chi connectivity index (χ4v) is 6.93. The minimum absolute atomic E-state index is 0.140. The zero-order chi connectivity index (χ0) is 34.9. The fraction of sp³-hybridized carbons (Fsp3) is 0.318. The van der Waals surface area contributed by atoms with Gasteiger partial charge in [-0.2, -0.15) is 0 Å². The summed E-state index contributed by atoms with van der Waals surface area (Å²) in [5, 5.41) is 43.0. The maximum absolute atomic E-state index is 10.7. The van der Waals surface area contributed by atoms with Crippen LogP contribution in [0.15, 0.2) is 97.1 Å². The van der Waals surface area contributed by atoms with Gasteiger partial charge in [0.2, 0.25) is 0 Å². The van der Waals surface area contributed by atoms with Crippen LogP contribution in [-0.2, 0) is 0 Å². The van der Waals surface area contributed by atoms with E-state index in [4.69, 9.17) is 0 Å². The molecule has 0 aliphatic rings. The molecule has 4 nitrogen and oxygen atoms in total. The summed E-state index contributed by atoms with van der Waals surface area (Å²) in [6.45, 7) is 16.7. The second-order valence-corrected chi connectivity index (χ2v) is 14.4. The first-order valence-electron chi connectivity index (χ1n) is 17.2. The van der Waals surface area contributed by atoms with Crippen molar-refractivity contribution in [3.05, 3.63) is 153 Å². The molecule has 0 saturated carbocycles. The molecule has 4 N–H and O–H groups in total. The Balaban J connectivity index is 1.77. The molecule has 48 heavy (non-hydrogen) atoms. The molecule has 5 rings (SSSR count). The lowest BCUT2D eigenvalue weighted by atomic mass is 9.78. The third kappa shape index (κ3) is 7.08. The Morgan fingerprint density at radius 3 is 0.771 bits per heavy atom. The molecule has 5 aromatic rings. The van der Waals surface area contributed by atoms with Crippen molar-refractivity contribution in [2.45, 2.75) is 90.9 Å². The summed E-state index contributed by atoms with van der Waals surface area (Å²) < 4.78 is 0. The van der Waals surface area contributed by atoms with Crippen LogP contribution in [0, 0.1) is 0 Å². The van der Waals surface area contributed by atoms with Crippen molar-refractivity contribution in [3.63, 3.8) is 0 Å². The van der Waals surface area contributed by atoms with E-state index in [0.717, 1.165) is 55.6 Å². The molecule has 0 fully saturated rings. The topological polar surface area (TPSA) is 80.9 Å². The van der Waals surface area contributed by atoms with Crippen LogP contribution in [0.1, 0.15) is 147 Å². The maximum Gasteiger partial charge on any atom is 0.119 e. The predicted octanol–water partition coefficient (Wildman–Crippen LogP) is 11.4. The van der Waals surface area contributed by atoms with Crippen molar-refractivity contribution in [3.8, 4) is 23.0 Å². The van der Waals surface area contributed by atoms with Crippen LogP contribution in [0.3, 0.4) is 0 Å². The van der Waals surface area contributed by atoms with E-state index in [1.165, 1.54) is 0 Å². The monoisotopic (exact) mass is 642 g/mol. The summed E-state index contributed by atoms with van der Waals surface area (Å²) in [5.41, 5.74) is 9.99. The minimum Gasteiger partial charge on any atom is -0.508 e. The first kappa shape index (κ1) is 34.6. The van der Waals surface area contributed by atoms with Gasteiger partial charge in [0.1, 0.15) is 23.0 Å². The molecule has 0 spiro atoms. The van der Waals surface area contributed by atoms with Gasteiger partial charge in [0.05, 0.1) is 0 Å². The lowest BCUT2D eigenvalue weighted by Crippen LogP contribution is -2.09. The second-order valence-electron chi connectivity index (χ2n) is 14.4. The first-order valence-corrected chi connectivity index (χ1v) is 17.2. The molecule has 0 aliphatic heterocycles. The first-order chi connectivity index (χ1) is 22.8. The number of phenolic OH excluding ortho intramolecular Hbond substituents is 4. The molecule has 0 radical (unpaired) electrons. The van der Waals surface area contributed by atoms with Gasteiger partial charge in [-0.1, -0.05) is 128 Å². The summed E-state index contributed by atoms with van der Waals surface area (Å²) >= 11 is 0. The highest BCUT2D eigenvalue weighted by molar-refractivity contribution is 5.55. The lowest BCUT2D eigenvalue weighted by molar-refractivity contribution is 0.463. The van der Waals surface area contributed by atoms with Crippen LogP contribution < -0.4 is 0 Å². The molecule has 4 heteroatoms. The number of hydrogen-bond donors (Lipinski definition) is 4. The number of hydrogen-bond acceptors (Lipinski definition) is 4. The van der Waals surface area contributed by atoms with E-state index in [2.05, 4.69) is 104 Å². The van der Waals surface area contributed by atoms with E-state index >= 15 is 0 Å². The van der Waals surface area contributed by atoms with Gasteiger partial charge in [0.25, 0.3) is 0 Å². The van der Waals surface area contributed by atoms with Crippen LogP contribution in [0.5, 0.6) is 23.0 Å². The van der Waals surface area contributed by atoms with E-state index in [0.29, 0.717) is 0 Å². The summed E-state index contributed by atoms with van der Waals surface area (Å²) in [5.74, 6) is 1.38. The van der Waals surface area contributed by atoms with E-state index < -0.39 is 0 Å². The Morgan fingerprint density at radius 1 is 0.312 bits per heavy atom. The molecule has 0 amide bonds. The Kier molecular flexibility index (Phi) is 10.2. The van der Waals surface area contributed by atoms with E-state index in [1.807, 2.05) is 24.3 Å². The normalized spacial score (nSPS) is 12.0. The second kappa shape index (κ2) is 14.2. The van der Waals surface area contributed by atoms with E-state index in [1.54, 1.807) is 24.3 Å². The summed E-state index contributed by atoms with van der Waals surface area (Å²) in [7, 11) is 0. The molecule has 0 saturated heterocycles. The Labute approximate surface area is 286 Å². The summed E-state index contributed by atoms with van der Waals surface area (Å²) in [6.07, 6.45) is 0. The zero-order valence-electron chi connectivity index (χ0n) is 29.5. The predicted molar refractivity (Wildman–Crippen MR) is 197 cm³/mol. The van der Waals surface area contributed by atoms with Gasteiger partial charge >= 0.3 is 0 Å². The van der Waals surface area contributed by atoms with Crippen LogP contribution in [0.25, 0.3) is 0 Å². The maximum atomic E-state index is 10.7. The van der Waals surface area contributed by atoms with Crippen LogP contribution in [-0.4, -0.2) is 20.4 Å². The third-order valence-corrected chi connectivity index (χ3v) is 9.61. The highest BCUT2D eigenvalue weighted by Crippen LogP contribution is 2.42. The molecular formula is C44H50O4. The average Bonchev–Trinajstić information content (AvgIpc) is 3.04. The van der Waals surface area contributed by atoms with Crippen LogP contribution >= 0.6 is 0 Å². The lowest BCUT2D eigenvalue weighted by Gasteiger charge is -2.26. The number of aromatic hydroxyl groups is 4. The summed E-state index contributed by atoms with van der Waals surface area (Å²) in [6, 6.07) is 32.3. The average molecular weight is 643 g/mol. The Bertz CT molecular complexity index is 1650. The molecule has 0 bridgehead atoms. The fourth-order valence-electron chi connectivity index (χ4n) is 6.93. The van der Waals surface area contributed by atoms with Gasteiger partial charge in [-0.3, -0.25) is 0 Å². The SMILES string of the molecule is CC(C)c1cc(C(c2cccc(C(c3ccc(O)c(C(C)C)c3)c3ccc(O)c(C(C)C)c3)c2)c2ccc(O)c(C(C)C)c2)ccc1O. The quantitative estimate of drug-likeness (QED) is 0.114. The molecule has 0 unspecified atom stereocenters. The molecule has 0 heterocycles.